The van der Waals surface area contributed by atoms with Gasteiger partial charge >= 0.3 is 0 Å². The lowest BCUT2D eigenvalue weighted by molar-refractivity contribution is 0.491. The van der Waals surface area contributed by atoms with E-state index in [1.165, 1.54) is 0 Å². The van der Waals surface area contributed by atoms with Gasteiger partial charge in [0.05, 0.1) is 0 Å². The predicted molar refractivity (Wildman–Crippen MR) is 54.5 cm³/mol. The number of aryl methyl sites for hydroxylation is 1. The third kappa shape index (κ3) is 2.31. The fraction of sp³-hybridized carbons (Fsp3) is 0.364. The molecular weight excluding hydrogens is 162 g/mol. The predicted octanol–water partition coefficient (Wildman–Crippen LogP) is 1.53. The molecule has 0 fully saturated rings. The molecule has 1 aliphatic rings. The summed E-state index contributed by atoms with van der Waals surface area (Å²) < 4.78 is 5.35. The van der Waals surface area contributed by atoms with Crippen molar-refractivity contribution in [2.75, 3.05) is 0 Å². The van der Waals surface area contributed by atoms with Gasteiger partial charge < -0.3 is 4.42 Å². The molecule has 1 aromatic rings. The Morgan fingerprint density at radius 2 is 2.15 bits per heavy atom. The Hall–Kier alpha value is -1.31. The molecule has 0 saturated heterocycles. The summed E-state index contributed by atoms with van der Waals surface area (Å²) in [5, 5.41) is 0.941. The number of nitrogens with zero attached hydrogens (tertiary/aromatic N) is 1. The van der Waals surface area contributed by atoms with E-state index in [2.05, 4.69) is 11.1 Å². The van der Waals surface area contributed by atoms with Crippen LogP contribution in [0.5, 0.6) is 0 Å². The van der Waals surface area contributed by atoms with Gasteiger partial charge in [-0.1, -0.05) is 26.0 Å². The number of hydrogen-bond donors (Lipinski definition) is 0. The van der Waals surface area contributed by atoms with Crippen LogP contribution < -0.4 is 10.8 Å². The topological polar surface area (TPSA) is 26.0 Å². The van der Waals surface area contributed by atoms with Crippen LogP contribution in [0.4, 0.5) is 0 Å². The average molecular weight is 177 g/mol. The zero-order valence-electron chi connectivity index (χ0n) is 8.37. The zero-order chi connectivity index (χ0) is 9.68. The second kappa shape index (κ2) is 4.65. The molecule has 1 aromatic heterocycles. The third-order valence-corrected chi connectivity index (χ3v) is 1.62. The van der Waals surface area contributed by atoms with Crippen molar-refractivity contribution in [2.24, 2.45) is 0 Å². The molecular formula is C11H15NO. The summed E-state index contributed by atoms with van der Waals surface area (Å²) in [5.74, 6) is 0.734. The molecule has 0 spiro atoms. The van der Waals surface area contributed by atoms with Crippen LogP contribution in [0.1, 0.15) is 26.2 Å². The first kappa shape index (κ1) is 9.78. The Morgan fingerprint density at radius 3 is 2.92 bits per heavy atom. The number of allylic oxidation sites excluding steroid dienone is 2. The van der Waals surface area contributed by atoms with Crippen LogP contribution in [0.25, 0.3) is 12.2 Å². The number of hydrogen-bond acceptors (Lipinski definition) is 2. The molecule has 0 amide bonds. The summed E-state index contributed by atoms with van der Waals surface area (Å²) in [5.41, 5.74) is 0.896. The van der Waals surface area contributed by atoms with E-state index >= 15 is 0 Å². The Bertz CT molecular complexity index is 398. The smallest absolute Gasteiger partial charge is 0.192 e. The van der Waals surface area contributed by atoms with Crippen molar-refractivity contribution in [3.63, 3.8) is 0 Å². The SMILES string of the molecule is CC.Cc1nc2c(o1)=CCC=CC=2. The second-order valence-electron chi connectivity index (χ2n) is 2.52. The van der Waals surface area contributed by atoms with Gasteiger partial charge in [-0.3, -0.25) is 0 Å². The fourth-order valence-electron chi connectivity index (χ4n) is 1.14. The first-order valence-corrected chi connectivity index (χ1v) is 4.67. The van der Waals surface area contributed by atoms with E-state index in [1.54, 1.807) is 0 Å². The highest BCUT2D eigenvalue weighted by atomic mass is 16.3. The fourth-order valence-corrected chi connectivity index (χ4v) is 1.14. The lowest BCUT2D eigenvalue weighted by atomic mass is 10.4. The maximum Gasteiger partial charge on any atom is 0.192 e. The monoisotopic (exact) mass is 177 g/mol. The van der Waals surface area contributed by atoms with Crippen molar-refractivity contribution >= 4 is 12.2 Å². The summed E-state index contributed by atoms with van der Waals surface area (Å²) in [6.45, 7) is 5.86. The highest BCUT2D eigenvalue weighted by molar-refractivity contribution is 5.40. The van der Waals surface area contributed by atoms with Gasteiger partial charge in [0.1, 0.15) is 5.35 Å². The Morgan fingerprint density at radius 1 is 1.38 bits per heavy atom. The van der Waals surface area contributed by atoms with Crippen LogP contribution >= 0.6 is 0 Å². The van der Waals surface area contributed by atoms with Crippen LogP contribution in [0, 0.1) is 6.92 Å². The van der Waals surface area contributed by atoms with Crippen LogP contribution in [0.2, 0.25) is 0 Å². The molecule has 0 atom stereocenters. The molecule has 2 rings (SSSR count). The minimum Gasteiger partial charge on any atom is -0.441 e. The summed E-state index contributed by atoms with van der Waals surface area (Å²) in [6, 6.07) is 0. The van der Waals surface area contributed by atoms with Gasteiger partial charge in [-0.25, -0.2) is 4.98 Å². The quantitative estimate of drug-likeness (QED) is 0.600. The molecule has 13 heavy (non-hydrogen) atoms. The van der Waals surface area contributed by atoms with E-state index in [9.17, 15) is 0 Å². The van der Waals surface area contributed by atoms with Crippen LogP contribution in [0.3, 0.4) is 0 Å². The van der Waals surface area contributed by atoms with E-state index in [1.807, 2.05) is 39.0 Å². The molecule has 0 aliphatic heterocycles. The molecule has 0 unspecified atom stereocenters. The molecule has 0 aromatic carbocycles. The van der Waals surface area contributed by atoms with E-state index in [0.717, 1.165) is 23.1 Å². The van der Waals surface area contributed by atoms with Gasteiger partial charge in [0.15, 0.2) is 11.3 Å². The molecule has 1 aliphatic carbocycles. The molecule has 0 bridgehead atoms. The lowest BCUT2D eigenvalue weighted by Gasteiger charge is -1.75. The highest BCUT2D eigenvalue weighted by Crippen LogP contribution is 1.89. The zero-order valence-corrected chi connectivity index (χ0v) is 8.37. The van der Waals surface area contributed by atoms with Crippen LogP contribution in [-0.2, 0) is 0 Å². The van der Waals surface area contributed by atoms with E-state index in [0.29, 0.717) is 0 Å². The standard InChI is InChI=1S/C9H9NO.C2H6/c1-7-10-8-5-3-2-4-6-9(8)11-7;1-2/h2-3,5-6H,4H2,1H3;1-2H3. The lowest BCUT2D eigenvalue weighted by Crippen LogP contribution is -2.20. The van der Waals surface area contributed by atoms with Gasteiger partial charge in [0, 0.05) is 6.92 Å². The van der Waals surface area contributed by atoms with Crippen LogP contribution in [0.15, 0.2) is 16.6 Å². The minimum atomic E-state index is 0.734. The normalized spacial score (nSPS) is 12.8. The summed E-state index contributed by atoms with van der Waals surface area (Å²) in [7, 11) is 0. The molecule has 70 valence electrons. The number of fused-ring (bicyclic) bond motifs is 1. The van der Waals surface area contributed by atoms with Gasteiger partial charge in [-0.05, 0) is 18.6 Å². The van der Waals surface area contributed by atoms with E-state index < -0.39 is 0 Å². The molecule has 0 radical (unpaired) electrons. The summed E-state index contributed by atoms with van der Waals surface area (Å²) in [6.07, 6.45) is 9.01. The molecule has 2 heteroatoms. The highest BCUT2D eigenvalue weighted by Gasteiger charge is 1.95. The number of rotatable bonds is 0. The van der Waals surface area contributed by atoms with Crippen molar-refractivity contribution in [3.05, 3.63) is 28.8 Å². The number of aromatic nitrogens is 1. The van der Waals surface area contributed by atoms with Gasteiger partial charge in [0.25, 0.3) is 0 Å². The summed E-state index contributed by atoms with van der Waals surface area (Å²) in [4.78, 5) is 4.21. The van der Waals surface area contributed by atoms with Crippen molar-refractivity contribution in [3.8, 4) is 0 Å². The summed E-state index contributed by atoms with van der Waals surface area (Å²) >= 11 is 0. The van der Waals surface area contributed by atoms with Gasteiger partial charge in [0.2, 0.25) is 0 Å². The first-order chi connectivity index (χ1) is 6.36. The van der Waals surface area contributed by atoms with Crippen molar-refractivity contribution in [1.29, 1.82) is 0 Å². The molecule has 0 N–H and O–H groups in total. The maximum absolute atomic E-state index is 5.35. The van der Waals surface area contributed by atoms with E-state index in [4.69, 9.17) is 4.42 Å². The molecule has 0 saturated carbocycles. The third-order valence-electron chi connectivity index (χ3n) is 1.62. The van der Waals surface area contributed by atoms with Crippen molar-refractivity contribution in [2.45, 2.75) is 27.2 Å². The minimum absolute atomic E-state index is 0.734. The van der Waals surface area contributed by atoms with Crippen LogP contribution in [-0.4, -0.2) is 4.98 Å². The maximum atomic E-state index is 5.35. The Labute approximate surface area is 78.3 Å². The molecule has 1 heterocycles. The van der Waals surface area contributed by atoms with Crippen molar-refractivity contribution in [1.82, 2.24) is 4.98 Å². The first-order valence-electron chi connectivity index (χ1n) is 4.67. The van der Waals surface area contributed by atoms with E-state index in [-0.39, 0.29) is 0 Å². The van der Waals surface area contributed by atoms with Crippen molar-refractivity contribution < 1.29 is 4.42 Å². The van der Waals surface area contributed by atoms with Gasteiger partial charge in [-0.15, -0.1) is 0 Å². The average Bonchev–Trinajstić information content (AvgIpc) is 2.36. The largest absolute Gasteiger partial charge is 0.441 e. The number of oxazole rings is 1. The Kier molecular flexibility index (Phi) is 3.50. The Balaban J connectivity index is 0.000000396. The second-order valence-corrected chi connectivity index (χ2v) is 2.52. The molecule has 2 nitrogen and oxygen atoms in total. The van der Waals surface area contributed by atoms with Gasteiger partial charge in [-0.2, -0.15) is 0 Å².